The van der Waals surface area contributed by atoms with E-state index in [2.05, 4.69) is 41.0 Å². The first-order chi connectivity index (χ1) is 11.3. The molecule has 0 saturated heterocycles. The van der Waals surface area contributed by atoms with Crippen LogP contribution in [0.5, 0.6) is 0 Å². The van der Waals surface area contributed by atoms with Crippen LogP contribution >= 0.6 is 23.7 Å². The van der Waals surface area contributed by atoms with Crippen molar-refractivity contribution in [2.24, 2.45) is 17.8 Å². The van der Waals surface area contributed by atoms with E-state index in [4.69, 9.17) is 4.98 Å². The summed E-state index contributed by atoms with van der Waals surface area (Å²) in [5.41, 5.74) is 3.15. The van der Waals surface area contributed by atoms with E-state index in [0.29, 0.717) is 5.41 Å². The number of nitrogens with zero attached hydrogens (tertiary/aromatic N) is 1. The van der Waals surface area contributed by atoms with Crippen molar-refractivity contribution in [3.63, 3.8) is 0 Å². The Morgan fingerprint density at radius 3 is 2.25 bits per heavy atom. The van der Waals surface area contributed by atoms with E-state index in [1.165, 1.54) is 49.8 Å². The van der Waals surface area contributed by atoms with Crippen molar-refractivity contribution >= 4 is 28.9 Å². The quantitative estimate of drug-likeness (QED) is 0.762. The van der Waals surface area contributed by atoms with Crippen LogP contribution in [0.1, 0.15) is 49.8 Å². The summed E-state index contributed by atoms with van der Waals surface area (Å²) in [6.07, 6.45) is 8.72. The molecule has 4 fully saturated rings. The molecule has 4 bridgehead atoms. The molecule has 1 aromatic heterocycles. The van der Waals surface area contributed by atoms with E-state index in [1.54, 1.807) is 11.3 Å². The molecule has 1 aromatic carbocycles. The van der Waals surface area contributed by atoms with Gasteiger partial charge in [0.15, 0.2) is 5.13 Å². The van der Waals surface area contributed by atoms with Gasteiger partial charge in [0.1, 0.15) is 0 Å². The summed E-state index contributed by atoms with van der Waals surface area (Å²) in [6.45, 7) is 0.870. The van der Waals surface area contributed by atoms with Crippen LogP contribution in [-0.2, 0) is 12.0 Å². The van der Waals surface area contributed by atoms with Crippen LogP contribution in [0, 0.1) is 17.8 Å². The highest BCUT2D eigenvalue weighted by atomic mass is 35.5. The predicted octanol–water partition coefficient (Wildman–Crippen LogP) is 5.64. The molecular formula is C20H25ClN2S. The largest absolute Gasteiger partial charge is 0.357 e. The number of nitrogens with one attached hydrogen (secondary N) is 1. The third-order valence-electron chi connectivity index (χ3n) is 6.37. The number of benzene rings is 1. The number of halogens is 1. The lowest BCUT2D eigenvalue weighted by molar-refractivity contribution is -0.00688. The zero-order valence-corrected chi connectivity index (χ0v) is 15.5. The number of hydrogen-bond donors (Lipinski definition) is 1. The summed E-state index contributed by atoms with van der Waals surface area (Å²) in [6, 6.07) is 10.6. The molecule has 6 rings (SSSR count). The Balaban J connectivity index is 0.00000146. The van der Waals surface area contributed by atoms with Crippen LogP contribution in [0.25, 0.3) is 0 Å². The highest BCUT2D eigenvalue weighted by Gasteiger charge is 2.52. The molecule has 4 aliphatic carbocycles. The lowest BCUT2D eigenvalue weighted by atomic mass is 9.49. The lowest BCUT2D eigenvalue weighted by Crippen LogP contribution is -2.48. The highest BCUT2D eigenvalue weighted by Crippen LogP contribution is 2.60. The Kier molecular flexibility index (Phi) is 4.34. The molecular weight excluding hydrogens is 336 g/mol. The minimum Gasteiger partial charge on any atom is -0.357 e. The predicted molar refractivity (Wildman–Crippen MR) is 103 cm³/mol. The maximum atomic E-state index is 5.02. The van der Waals surface area contributed by atoms with Crippen molar-refractivity contribution < 1.29 is 0 Å². The van der Waals surface area contributed by atoms with Crippen LogP contribution in [0.2, 0.25) is 0 Å². The van der Waals surface area contributed by atoms with Crippen LogP contribution in [0.4, 0.5) is 5.13 Å². The van der Waals surface area contributed by atoms with Gasteiger partial charge in [-0.3, -0.25) is 0 Å². The molecule has 0 radical (unpaired) electrons. The van der Waals surface area contributed by atoms with Crippen molar-refractivity contribution in [2.45, 2.75) is 50.5 Å². The minimum absolute atomic E-state index is 0. The second-order valence-electron chi connectivity index (χ2n) is 8.07. The van der Waals surface area contributed by atoms with Crippen molar-refractivity contribution in [1.82, 2.24) is 4.98 Å². The third-order valence-corrected chi connectivity index (χ3v) is 7.17. The van der Waals surface area contributed by atoms with Gasteiger partial charge in [-0.2, -0.15) is 0 Å². The van der Waals surface area contributed by atoms with Gasteiger partial charge >= 0.3 is 0 Å². The molecule has 4 saturated carbocycles. The van der Waals surface area contributed by atoms with E-state index in [1.807, 2.05) is 0 Å². The van der Waals surface area contributed by atoms with Crippen LogP contribution in [-0.4, -0.2) is 4.98 Å². The molecule has 2 nitrogen and oxygen atoms in total. The monoisotopic (exact) mass is 360 g/mol. The molecule has 4 aliphatic rings. The third kappa shape index (κ3) is 2.86. The molecule has 1 heterocycles. The minimum atomic E-state index is 0. The Bertz CT molecular complexity index is 661. The Hall–Kier alpha value is -1.06. The number of anilines is 1. The van der Waals surface area contributed by atoms with E-state index >= 15 is 0 Å². The zero-order chi connectivity index (χ0) is 15.3. The smallest absolute Gasteiger partial charge is 0.183 e. The van der Waals surface area contributed by atoms with Gasteiger partial charge in [0.25, 0.3) is 0 Å². The number of rotatable bonds is 4. The van der Waals surface area contributed by atoms with Gasteiger partial charge in [0.2, 0.25) is 0 Å². The number of thiazole rings is 1. The van der Waals surface area contributed by atoms with Gasteiger partial charge in [-0.15, -0.1) is 23.7 Å². The summed E-state index contributed by atoms with van der Waals surface area (Å²) in [5.74, 6) is 2.97. The number of hydrogen-bond acceptors (Lipinski definition) is 3. The fraction of sp³-hybridized carbons (Fsp3) is 0.550. The molecule has 1 N–H and O–H groups in total. The standard InChI is InChI=1S/C20H24N2S.ClH/c1-2-4-14(5-3-1)12-21-19-22-18(13-23-19)20-9-15-6-16(10-20)8-17(7-15)11-20;/h1-5,13,15-17H,6-12H2,(H,21,22);1H. The van der Waals surface area contributed by atoms with Gasteiger partial charge in [0.05, 0.1) is 5.69 Å². The van der Waals surface area contributed by atoms with Crippen molar-refractivity contribution in [2.75, 3.05) is 5.32 Å². The SMILES string of the molecule is Cl.c1ccc(CNc2nc(C34CC5CC(CC(C5)C3)C4)cs2)cc1. The van der Waals surface area contributed by atoms with E-state index < -0.39 is 0 Å². The molecule has 2 aromatic rings. The van der Waals surface area contributed by atoms with Gasteiger partial charge in [-0.1, -0.05) is 30.3 Å². The Labute approximate surface area is 154 Å². The molecule has 128 valence electrons. The topological polar surface area (TPSA) is 24.9 Å². The van der Waals surface area contributed by atoms with E-state index in [9.17, 15) is 0 Å². The summed E-state index contributed by atoms with van der Waals surface area (Å²) >= 11 is 1.80. The maximum absolute atomic E-state index is 5.02. The second-order valence-corrected chi connectivity index (χ2v) is 8.93. The fourth-order valence-corrected chi connectivity index (χ4v) is 6.63. The lowest BCUT2D eigenvalue weighted by Gasteiger charge is -2.56. The molecule has 0 amide bonds. The van der Waals surface area contributed by atoms with Gasteiger partial charge in [0, 0.05) is 17.3 Å². The Morgan fingerprint density at radius 2 is 1.62 bits per heavy atom. The molecule has 0 spiro atoms. The second kappa shape index (κ2) is 6.34. The van der Waals surface area contributed by atoms with E-state index in [-0.39, 0.29) is 12.4 Å². The summed E-state index contributed by atoms with van der Waals surface area (Å²) < 4.78 is 0. The molecule has 4 heteroatoms. The van der Waals surface area contributed by atoms with Gasteiger partial charge in [-0.25, -0.2) is 4.98 Å². The van der Waals surface area contributed by atoms with Crippen molar-refractivity contribution in [3.8, 4) is 0 Å². The van der Waals surface area contributed by atoms with E-state index in [0.717, 1.165) is 29.4 Å². The summed E-state index contributed by atoms with van der Waals surface area (Å²) in [5, 5.41) is 6.97. The molecule has 0 atom stereocenters. The summed E-state index contributed by atoms with van der Waals surface area (Å²) in [7, 11) is 0. The maximum Gasteiger partial charge on any atom is 0.183 e. The molecule has 24 heavy (non-hydrogen) atoms. The highest BCUT2D eigenvalue weighted by molar-refractivity contribution is 7.13. The van der Waals surface area contributed by atoms with Crippen molar-refractivity contribution in [3.05, 3.63) is 47.0 Å². The molecule has 0 unspecified atom stereocenters. The van der Waals surface area contributed by atoms with Crippen LogP contribution in [0.15, 0.2) is 35.7 Å². The average Bonchev–Trinajstić information content (AvgIpc) is 3.02. The van der Waals surface area contributed by atoms with Gasteiger partial charge < -0.3 is 5.32 Å². The normalized spacial score (nSPS) is 33.2. The first-order valence-corrected chi connectivity index (χ1v) is 9.91. The van der Waals surface area contributed by atoms with Crippen molar-refractivity contribution in [1.29, 1.82) is 0 Å². The first kappa shape index (κ1) is 16.4. The van der Waals surface area contributed by atoms with Gasteiger partial charge in [-0.05, 0) is 61.8 Å². The Morgan fingerprint density at radius 1 is 1.00 bits per heavy atom. The van der Waals surface area contributed by atoms with Crippen LogP contribution in [0.3, 0.4) is 0 Å². The average molecular weight is 361 g/mol. The first-order valence-electron chi connectivity index (χ1n) is 9.03. The number of aromatic nitrogens is 1. The van der Waals surface area contributed by atoms with Crippen LogP contribution < -0.4 is 5.32 Å². The zero-order valence-electron chi connectivity index (χ0n) is 13.9. The molecule has 0 aliphatic heterocycles. The fourth-order valence-electron chi connectivity index (χ4n) is 5.80. The summed E-state index contributed by atoms with van der Waals surface area (Å²) in [4.78, 5) is 5.02.